The Balaban J connectivity index is 2.21. The lowest BCUT2D eigenvalue weighted by Crippen LogP contribution is -2.08. The predicted molar refractivity (Wildman–Crippen MR) is 71.6 cm³/mol. The fraction of sp³-hybridized carbons (Fsp3) is 0.500. The Morgan fingerprint density at radius 2 is 2.24 bits per heavy atom. The summed E-state index contributed by atoms with van der Waals surface area (Å²) in [6.07, 6.45) is 2.35. The van der Waals surface area contributed by atoms with Crippen LogP contribution in [0.2, 0.25) is 0 Å². The molecule has 0 saturated heterocycles. The van der Waals surface area contributed by atoms with Crippen molar-refractivity contribution in [1.82, 2.24) is 0 Å². The molecule has 1 aromatic rings. The van der Waals surface area contributed by atoms with E-state index in [0.29, 0.717) is 0 Å². The van der Waals surface area contributed by atoms with Crippen molar-refractivity contribution in [1.29, 1.82) is 0 Å². The van der Waals surface area contributed by atoms with E-state index in [9.17, 15) is 8.42 Å². The fourth-order valence-electron chi connectivity index (χ4n) is 2.00. The number of halogens is 1. The molecule has 1 aromatic carbocycles. The number of alkyl halides is 1. The summed E-state index contributed by atoms with van der Waals surface area (Å²) in [5.74, 6) is 1.03. The Morgan fingerprint density at radius 1 is 1.53 bits per heavy atom. The minimum atomic E-state index is -2.97. The maximum Gasteiger partial charge on any atom is 0.148 e. The van der Waals surface area contributed by atoms with E-state index in [-0.39, 0.29) is 16.7 Å². The van der Waals surface area contributed by atoms with Crippen LogP contribution in [-0.4, -0.2) is 26.5 Å². The molecule has 2 unspecified atom stereocenters. The molecule has 0 N–H and O–H groups in total. The van der Waals surface area contributed by atoms with Gasteiger partial charge in [0.2, 0.25) is 0 Å². The summed E-state index contributed by atoms with van der Waals surface area (Å²) in [5.41, 5.74) is 2.15. The highest BCUT2D eigenvalue weighted by Gasteiger charge is 2.21. The van der Waals surface area contributed by atoms with E-state index in [1.165, 1.54) is 6.26 Å². The molecule has 2 atom stereocenters. The molecule has 0 saturated carbocycles. The van der Waals surface area contributed by atoms with Crippen LogP contribution in [0.5, 0.6) is 5.75 Å². The Kier molecular flexibility index (Phi) is 3.50. The van der Waals surface area contributed by atoms with Gasteiger partial charge in [0, 0.05) is 12.7 Å². The molecule has 17 heavy (non-hydrogen) atoms. The molecule has 0 aliphatic carbocycles. The summed E-state index contributed by atoms with van der Waals surface area (Å²) in [6.45, 7) is 2.03. The zero-order valence-electron chi connectivity index (χ0n) is 9.81. The predicted octanol–water partition coefficient (Wildman–Crippen LogP) is 2.49. The monoisotopic (exact) mass is 318 g/mol. The van der Waals surface area contributed by atoms with E-state index in [1.807, 2.05) is 25.1 Å². The van der Waals surface area contributed by atoms with Gasteiger partial charge in [-0.2, -0.15) is 0 Å². The minimum absolute atomic E-state index is 0.113. The molecule has 2 rings (SSSR count). The summed E-state index contributed by atoms with van der Waals surface area (Å²) >= 11 is 3.43. The second-order valence-corrected chi connectivity index (χ2v) is 7.85. The average molecular weight is 319 g/mol. The molecular weight excluding hydrogens is 304 g/mol. The third-order valence-electron chi connectivity index (χ3n) is 2.73. The smallest absolute Gasteiger partial charge is 0.148 e. The van der Waals surface area contributed by atoms with Crippen LogP contribution in [0.15, 0.2) is 18.2 Å². The van der Waals surface area contributed by atoms with Crippen LogP contribution in [-0.2, 0) is 16.3 Å². The van der Waals surface area contributed by atoms with Gasteiger partial charge in [-0.25, -0.2) is 8.42 Å². The van der Waals surface area contributed by atoms with Crippen molar-refractivity contribution >= 4 is 25.8 Å². The van der Waals surface area contributed by atoms with Crippen molar-refractivity contribution in [2.75, 3.05) is 12.0 Å². The summed E-state index contributed by atoms with van der Waals surface area (Å²) in [6, 6.07) is 5.87. The van der Waals surface area contributed by atoms with Gasteiger partial charge in [-0.15, -0.1) is 0 Å². The van der Waals surface area contributed by atoms with E-state index >= 15 is 0 Å². The van der Waals surface area contributed by atoms with Gasteiger partial charge in [0.05, 0.1) is 10.6 Å². The minimum Gasteiger partial charge on any atom is -0.490 e. The molecule has 0 fully saturated rings. The second-order valence-electron chi connectivity index (χ2n) is 4.56. The first-order valence-corrected chi connectivity index (χ1v) is 8.44. The first-order valence-electron chi connectivity index (χ1n) is 5.46. The van der Waals surface area contributed by atoms with Gasteiger partial charge in [0.15, 0.2) is 0 Å². The van der Waals surface area contributed by atoms with Gasteiger partial charge >= 0.3 is 0 Å². The quantitative estimate of drug-likeness (QED) is 0.804. The van der Waals surface area contributed by atoms with Crippen molar-refractivity contribution in [3.05, 3.63) is 29.3 Å². The average Bonchev–Trinajstić information content (AvgIpc) is 2.53. The van der Waals surface area contributed by atoms with Crippen molar-refractivity contribution < 1.29 is 13.2 Å². The molecule has 0 spiro atoms. The molecule has 5 heteroatoms. The first kappa shape index (κ1) is 12.9. The van der Waals surface area contributed by atoms with Crippen LogP contribution in [0.25, 0.3) is 0 Å². The number of benzene rings is 1. The first-order chi connectivity index (χ1) is 7.85. The Bertz CT molecular complexity index is 525. The van der Waals surface area contributed by atoms with Crippen LogP contribution >= 0.6 is 15.9 Å². The third kappa shape index (κ3) is 3.22. The van der Waals surface area contributed by atoms with Gasteiger partial charge in [-0.05, 0) is 24.1 Å². The molecule has 1 heterocycles. The normalized spacial score (nSPS) is 20.8. The number of fused-ring (bicyclic) bond motifs is 1. The van der Waals surface area contributed by atoms with Gasteiger partial charge in [0.25, 0.3) is 0 Å². The maximum absolute atomic E-state index is 11.2. The molecule has 3 nitrogen and oxygen atoms in total. The number of rotatable bonds is 3. The van der Waals surface area contributed by atoms with Crippen LogP contribution in [0.3, 0.4) is 0 Å². The largest absolute Gasteiger partial charge is 0.490 e. The van der Waals surface area contributed by atoms with Crippen LogP contribution in [0.1, 0.15) is 22.9 Å². The molecule has 0 aromatic heterocycles. The molecule has 1 aliphatic heterocycles. The Morgan fingerprint density at radius 3 is 2.88 bits per heavy atom. The van der Waals surface area contributed by atoms with Crippen molar-refractivity contribution in [3.63, 3.8) is 0 Å². The third-order valence-corrected chi connectivity index (χ3v) is 4.95. The molecule has 1 aliphatic rings. The van der Waals surface area contributed by atoms with Crippen molar-refractivity contribution in [2.45, 2.75) is 24.3 Å². The maximum atomic E-state index is 11.2. The van der Waals surface area contributed by atoms with Gasteiger partial charge < -0.3 is 4.74 Å². The fourth-order valence-corrected chi connectivity index (χ4v) is 4.45. The lowest BCUT2D eigenvalue weighted by atomic mass is 10.1. The van der Waals surface area contributed by atoms with Gasteiger partial charge in [0.1, 0.15) is 21.7 Å². The highest BCUT2D eigenvalue weighted by molar-refractivity contribution is 9.09. The summed E-state index contributed by atoms with van der Waals surface area (Å²) in [7, 11) is -2.97. The van der Waals surface area contributed by atoms with Crippen LogP contribution in [0.4, 0.5) is 0 Å². The van der Waals surface area contributed by atoms with E-state index in [2.05, 4.69) is 15.9 Å². The van der Waals surface area contributed by atoms with Gasteiger partial charge in [-0.1, -0.05) is 28.1 Å². The lowest BCUT2D eigenvalue weighted by Gasteiger charge is -2.10. The van der Waals surface area contributed by atoms with E-state index in [1.54, 1.807) is 0 Å². The van der Waals surface area contributed by atoms with Crippen LogP contribution in [0, 0.1) is 0 Å². The van der Waals surface area contributed by atoms with E-state index < -0.39 is 9.84 Å². The zero-order valence-corrected chi connectivity index (χ0v) is 12.2. The van der Waals surface area contributed by atoms with Gasteiger partial charge in [-0.3, -0.25) is 0 Å². The number of sulfone groups is 1. The van der Waals surface area contributed by atoms with E-state index in [0.717, 1.165) is 23.3 Å². The number of hydrogen-bond donors (Lipinski definition) is 0. The Hall–Kier alpha value is -0.550. The number of ether oxygens (including phenoxy) is 1. The molecule has 0 amide bonds. The van der Waals surface area contributed by atoms with Crippen molar-refractivity contribution in [2.24, 2.45) is 0 Å². The Labute approximate surface area is 110 Å². The standard InChI is InChI=1S/C12H15BrO3S/c1-8-5-10-6-9(3-4-12(10)16-8)11(13)7-17(2,14)15/h3-4,6,8,11H,5,7H2,1-2H3. The molecule has 0 radical (unpaired) electrons. The topological polar surface area (TPSA) is 43.4 Å². The second kappa shape index (κ2) is 4.61. The summed E-state index contributed by atoms with van der Waals surface area (Å²) in [5, 5.41) is 0. The van der Waals surface area contributed by atoms with Crippen molar-refractivity contribution in [3.8, 4) is 5.75 Å². The highest BCUT2D eigenvalue weighted by Crippen LogP contribution is 2.33. The van der Waals surface area contributed by atoms with E-state index in [4.69, 9.17) is 4.74 Å². The van der Waals surface area contributed by atoms with Crippen LogP contribution < -0.4 is 4.74 Å². The summed E-state index contributed by atoms with van der Waals surface area (Å²) in [4.78, 5) is -0.154. The zero-order chi connectivity index (χ0) is 12.6. The lowest BCUT2D eigenvalue weighted by molar-refractivity contribution is 0.254. The highest BCUT2D eigenvalue weighted by atomic mass is 79.9. The molecule has 0 bridgehead atoms. The molecular formula is C12H15BrO3S. The molecule has 94 valence electrons. The SMILES string of the molecule is CC1Cc2cc(C(Br)CS(C)(=O)=O)ccc2O1. The summed E-state index contributed by atoms with van der Waals surface area (Å²) < 4.78 is 28.1. The number of hydrogen-bond acceptors (Lipinski definition) is 3.